The maximum absolute atomic E-state index is 3.59. The van der Waals surface area contributed by atoms with Crippen molar-refractivity contribution in [1.29, 1.82) is 0 Å². The van der Waals surface area contributed by atoms with E-state index in [1.165, 1.54) is 28.7 Å². The van der Waals surface area contributed by atoms with Crippen LogP contribution in [0.5, 0.6) is 0 Å². The molecular weight excluding hydrogens is 298 g/mol. The van der Waals surface area contributed by atoms with Gasteiger partial charge >= 0.3 is 0 Å². The summed E-state index contributed by atoms with van der Waals surface area (Å²) in [6.45, 7) is 6.57. The third-order valence-corrected chi connectivity index (χ3v) is 3.57. The summed E-state index contributed by atoms with van der Waals surface area (Å²) in [6.07, 6.45) is 7.71. The van der Waals surface area contributed by atoms with Gasteiger partial charge in [0.1, 0.15) is 0 Å². The van der Waals surface area contributed by atoms with Crippen molar-refractivity contribution < 1.29 is 0 Å². The van der Waals surface area contributed by atoms with Gasteiger partial charge in [-0.15, -0.1) is 0 Å². The van der Waals surface area contributed by atoms with E-state index in [0.29, 0.717) is 0 Å². The number of nitrogens with one attached hydrogen (secondary N) is 1. The summed E-state index contributed by atoms with van der Waals surface area (Å²) in [5.41, 5.74) is 5.39. The third kappa shape index (κ3) is 4.54. The Morgan fingerprint density at radius 2 is 2.05 bits per heavy atom. The number of hydrogen-bond acceptors (Lipinski definition) is 1. The maximum Gasteiger partial charge on any atom is 0.0181 e. The Morgan fingerprint density at radius 1 is 1.32 bits per heavy atom. The van der Waals surface area contributed by atoms with Crippen LogP contribution in [-0.4, -0.2) is 7.05 Å². The van der Waals surface area contributed by atoms with Crippen molar-refractivity contribution in [3.8, 4) is 0 Å². The number of halogens is 1. The fraction of sp³-hybridized carbons (Fsp3) is 0.412. The molecule has 0 fully saturated rings. The number of hydrogen-bond donors (Lipinski definition) is 1. The van der Waals surface area contributed by atoms with Gasteiger partial charge < -0.3 is 5.32 Å². The summed E-state index contributed by atoms with van der Waals surface area (Å²) in [5, 5.41) is 3.13. The minimum Gasteiger partial charge on any atom is -0.394 e. The van der Waals surface area contributed by atoms with Crippen LogP contribution in [0.1, 0.15) is 44.7 Å². The van der Waals surface area contributed by atoms with Crippen LogP contribution in [-0.2, 0) is 6.42 Å². The van der Waals surface area contributed by atoms with Crippen molar-refractivity contribution in [2.24, 2.45) is 0 Å². The lowest BCUT2D eigenvalue weighted by Gasteiger charge is -2.14. The van der Waals surface area contributed by atoms with E-state index >= 15 is 0 Å². The SMILES string of the molecule is CC/C=C(\C(C)=C/NC)c1cc(Br)ccc1CCC. The van der Waals surface area contributed by atoms with Gasteiger partial charge in [-0.05, 0) is 60.4 Å². The topological polar surface area (TPSA) is 12.0 Å². The second-order valence-corrected chi connectivity index (χ2v) is 5.61. The molecule has 0 aromatic heterocycles. The van der Waals surface area contributed by atoms with E-state index in [0.717, 1.165) is 17.3 Å². The summed E-state index contributed by atoms with van der Waals surface area (Å²) in [6, 6.07) is 6.60. The van der Waals surface area contributed by atoms with Gasteiger partial charge in [-0.2, -0.15) is 0 Å². The standard InChI is InChI=1S/C17H24BrN/c1-5-7-14-9-10-15(18)11-17(14)16(8-6-2)13(3)12-19-4/h8-12,19H,5-7H2,1-4H3/b13-12-,16-8+. The molecule has 0 spiro atoms. The molecule has 1 rings (SSSR count). The van der Waals surface area contributed by atoms with E-state index < -0.39 is 0 Å². The van der Waals surface area contributed by atoms with Crippen molar-refractivity contribution in [3.63, 3.8) is 0 Å². The van der Waals surface area contributed by atoms with Crippen LogP contribution in [0.4, 0.5) is 0 Å². The Bertz CT molecular complexity index is 472. The van der Waals surface area contributed by atoms with Crippen molar-refractivity contribution in [3.05, 3.63) is 51.6 Å². The Morgan fingerprint density at radius 3 is 2.63 bits per heavy atom. The van der Waals surface area contributed by atoms with Crippen LogP contribution in [0, 0.1) is 0 Å². The van der Waals surface area contributed by atoms with Crippen molar-refractivity contribution in [1.82, 2.24) is 5.32 Å². The van der Waals surface area contributed by atoms with Gasteiger partial charge in [-0.1, -0.05) is 48.3 Å². The molecule has 0 saturated carbocycles. The third-order valence-electron chi connectivity index (χ3n) is 3.08. The minimum atomic E-state index is 1.04. The highest BCUT2D eigenvalue weighted by Gasteiger charge is 2.09. The first-order valence-corrected chi connectivity index (χ1v) is 7.76. The van der Waals surface area contributed by atoms with Gasteiger partial charge in [-0.25, -0.2) is 0 Å². The highest BCUT2D eigenvalue weighted by molar-refractivity contribution is 9.10. The molecule has 1 N–H and O–H groups in total. The molecule has 0 atom stereocenters. The molecule has 19 heavy (non-hydrogen) atoms. The average Bonchev–Trinajstić information content (AvgIpc) is 2.38. The number of aryl methyl sites for hydroxylation is 1. The maximum atomic E-state index is 3.59. The first-order chi connectivity index (χ1) is 9.13. The molecule has 0 aliphatic rings. The van der Waals surface area contributed by atoms with Gasteiger partial charge in [0.25, 0.3) is 0 Å². The van der Waals surface area contributed by atoms with E-state index in [1.54, 1.807) is 0 Å². The highest BCUT2D eigenvalue weighted by Crippen LogP contribution is 2.29. The van der Waals surface area contributed by atoms with Crippen LogP contribution in [0.3, 0.4) is 0 Å². The number of rotatable bonds is 6. The molecule has 0 bridgehead atoms. The monoisotopic (exact) mass is 321 g/mol. The quantitative estimate of drug-likeness (QED) is 0.699. The summed E-state index contributed by atoms with van der Waals surface area (Å²) < 4.78 is 1.14. The van der Waals surface area contributed by atoms with E-state index in [-0.39, 0.29) is 0 Å². The zero-order chi connectivity index (χ0) is 14.3. The predicted octanol–water partition coefficient (Wildman–Crippen LogP) is 5.32. The van der Waals surface area contributed by atoms with Crippen molar-refractivity contribution in [2.45, 2.75) is 40.0 Å². The predicted molar refractivity (Wildman–Crippen MR) is 89.2 cm³/mol. The molecule has 0 radical (unpaired) electrons. The van der Waals surface area contributed by atoms with Gasteiger partial charge in [0.15, 0.2) is 0 Å². The second kappa shape index (κ2) is 8.21. The Kier molecular flexibility index (Phi) is 6.93. The Labute approximate surface area is 125 Å². The fourth-order valence-corrected chi connectivity index (χ4v) is 2.63. The van der Waals surface area contributed by atoms with Crippen molar-refractivity contribution >= 4 is 21.5 Å². The molecule has 1 aromatic rings. The summed E-state index contributed by atoms with van der Waals surface area (Å²) in [5.74, 6) is 0. The molecule has 0 unspecified atom stereocenters. The first-order valence-electron chi connectivity index (χ1n) is 6.97. The Hall–Kier alpha value is -1.02. The lowest BCUT2D eigenvalue weighted by Crippen LogP contribution is -1.99. The molecule has 1 nitrogen and oxygen atoms in total. The normalized spacial score (nSPS) is 12.7. The van der Waals surface area contributed by atoms with Gasteiger partial charge in [0.05, 0.1) is 0 Å². The van der Waals surface area contributed by atoms with Crippen LogP contribution in [0.15, 0.2) is 40.5 Å². The molecule has 0 amide bonds. The molecule has 0 aliphatic carbocycles. The van der Waals surface area contributed by atoms with Crippen LogP contribution in [0.25, 0.3) is 5.57 Å². The second-order valence-electron chi connectivity index (χ2n) is 4.69. The van der Waals surface area contributed by atoms with E-state index in [1.807, 2.05) is 7.05 Å². The molecule has 0 saturated heterocycles. The zero-order valence-electron chi connectivity index (χ0n) is 12.4. The van der Waals surface area contributed by atoms with Crippen LogP contribution < -0.4 is 5.32 Å². The van der Waals surface area contributed by atoms with Crippen LogP contribution in [0.2, 0.25) is 0 Å². The average molecular weight is 322 g/mol. The van der Waals surface area contributed by atoms with Gasteiger partial charge in [0.2, 0.25) is 0 Å². The minimum absolute atomic E-state index is 1.04. The number of benzene rings is 1. The van der Waals surface area contributed by atoms with E-state index in [4.69, 9.17) is 0 Å². The highest BCUT2D eigenvalue weighted by atomic mass is 79.9. The summed E-state index contributed by atoms with van der Waals surface area (Å²) in [7, 11) is 1.95. The zero-order valence-corrected chi connectivity index (χ0v) is 14.0. The first kappa shape index (κ1) is 16.0. The molecule has 104 valence electrons. The fourth-order valence-electron chi connectivity index (χ4n) is 2.27. The molecule has 2 heteroatoms. The molecule has 0 heterocycles. The van der Waals surface area contributed by atoms with E-state index in [9.17, 15) is 0 Å². The number of allylic oxidation sites excluding steroid dienone is 3. The smallest absolute Gasteiger partial charge is 0.0181 e. The summed E-state index contributed by atoms with van der Waals surface area (Å²) in [4.78, 5) is 0. The van der Waals surface area contributed by atoms with Gasteiger partial charge in [-0.3, -0.25) is 0 Å². The van der Waals surface area contributed by atoms with E-state index in [2.05, 4.69) is 72.5 Å². The van der Waals surface area contributed by atoms with Crippen molar-refractivity contribution in [2.75, 3.05) is 7.05 Å². The largest absolute Gasteiger partial charge is 0.394 e. The summed E-state index contributed by atoms with van der Waals surface area (Å²) >= 11 is 3.59. The molecular formula is C17H24BrN. The lowest BCUT2D eigenvalue weighted by molar-refractivity contribution is 0.917. The lowest BCUT2D eigenvalue weighted by atomic mass is 9.92. The Balaban J connectivity index is 3.33. The van der Waals surface area contributed by atoms with Gasteiger partial charge in [0, 0.05) is 11.5 Å². The molecule has 0 aliphatic heterocycles. The van der Waals surface area contributed by atoms with Crippen LogP contribution >= 0.6 is 15.9 Å². The molecule has 1 aromatic carbocycles.